The maximum absolute atomic E-state index is 13.7. The van der Waals surface area contributed by atoms with Crippen LogP contribution in [-0.2, 0) is 9.59 Å². The number of halogens is 2. The smallest absolute Gasteiger partial charge is 0.241 e. The number of nitrogens with zero attached hydrogens (tertiary/aromatic N) is 2. The van der Waals surface area contributed by atoms with Crippen molar-refractivity contribution in [3.8, 4) is 0 Å². The van der Waals surface area contributed by atoms with E-state index in [0.29, 0.717) is 38.5 Å². The minimum absolute atomic E-state index is 0.0282. The number of amides is 2. The molecule has 0 radical (unpaired) electrons. The summed E-state index contributed by atoms with van der Waals surface area (Å²) in [6.07, 6.45) is 6.69. The fraction of sp³-hybridized carbons (Fsp3) is 0.619. The molecule has 1 aliphatic carbocycles. The number of anilines is 1. The highest BCUT2D eigenvalue weighted by Gasteiger charge is 2.29. The summed E-state index contributed by atoms with van der Waals surface area (Å²) in [6.45, 7) is 4.19. The van der Waals surface area contributed by atoms with Crippen LogP contribution in [0.15, 0.2) is 18.2 Å². The van der Waals surface area contributed by atoms with E-state index in [1.807, 2.05) is 9.80 Å². The zero-order valence-electron chi connectivity index (χ0n) is 16.4. The lowest BCUT2D eigenvalue weighted by Gasteiger charge is -2.38. The van der Waals surface area contributed by atoms with Crippen LogP contribution < -0.4 is 5.32 Å². The molecule has 1 heterocycles. The Morgan fingerprint density at radius 1 is 1.11 bits per heavy atom. The van der Waals surface area contributed by atoms with E-state index in [0.717, 1.165) is 25.0 Å². The van der Waals surface area contributed by atoms with Gasteiger partial charge in [0.1, 0.15) is 11.6 Å². The van der Waals surface area contributed by atoms with Crippen LogP contribution >= 0.6 is 0 Å². The molecule has 154 valence electrons. The first-order chi connectivity index (χ1) is 13.4. The maximum atomic E-state index is 13.7. The molecule has 1 aromatic carbocycles. The van der Waals surface area contributed by atoms with Gasteiger partial charge in [-0.05, 0) is 37.8 Å². The second-order valence-corrected chi connectivity index (χ2v) is 7.91. The van der Waals surface area contributed by atoms with Crippen molar-refractivity contribution in [1.29, 1.82) is 0 Å². The molecule has 1 aromatic rings. The molecule has 2 aliphatic rings. The topological polar surface area (TPSA) is 52.7 Å². The van der Waals surface area contributed by atoms with E-state index in [-0.39, 0.29) is 17.5 Å². The number of carbonyl (C=O) groups excluding carboxylic acids is 2. The van der Waals surface area contributed by atoms with Crippen molar-refractivity contribution in [1.82, 2.24) is 9.80 Å². The number of benzene rings is 1. The Balaban J connectivity index is 1.46. The molecule has 3 rings (SSSR count). The third-order valence-electron chi connectivity index (χ3n) is 5.97. The van der Waals surface area contributed by atoms with Crippen molar-refractivity contribution in [2.45, 2.75) is 51.5 Å². The van der Waals surface area contributed by atoms with Crippen LogP contribution in [0.5, 0.6) is 0 Å². The highest BCUT2D eigenvalue weighted by Crippen LogP contribution is 2.27. The molecule has 2 fully saturated rings. The summed E-state index contributed by atoms with van der Waals surface area (Å²) < 4.78 is 26.7. The molecule has 0 spiro atoms. The van der Waals surface area contributed by atoms with Gasteiger partial charge < -0.3 is 10.2 Å². The molecule has 1 saturated carbocycles. The Bertz CT molecular complexity index is 699. The van der Waals surface area contributed by atoms with Crippen LogP contribution in [0, 0.1) is 17.6 Å². The van der Waals surface area contributed by atoms with E-state index in [1.165, 1.54) is 25.3 Å². The van der Waals surface area contributed by atoms with E-state index in [9.17, 15) is 18.4 Å². The van der Waals surface area contributed by atoms with E-state index < -0.39 is 17.7 Å². The second kappa shape index (κ2) is 9.45. The summed E-state index contributed by atoms with van der Waals surface area (Å²) in [5.41, 5.74) is -0.0282. The number of rotatable bonds is 5. The van der Waals surface area contributed by atoms with Crippen LogP contribution in [0.2, 0.25) is 0 Å². The van der Waals surface area contributed by atoms with E-state index in [1.54, 1.807) is 6.92 Å². The van der Waals surface area contributed by atoms with Crippen LogP contribution in [0.1, 0.15) is 45.4 Å². The number of hydrogen-bond acceptors (Lipinski definition) is 3. The molecule has 5 nitrogen and oxygen atoms in total. The molecule has 0 aromatic heterocycles. The van der Waals surface area contributed by atoms with Gasteiger partial charge >= 0.3 is 0 Å². The van der Waals surface area contributed by atoms with Gasteiger partial charge in [-0.2, -0.15) is 0 Å². The number of piperazine rings is 1. The normalized spacial score (nSPS) is 20.0. The van der Waals surface area contributed by atoms with Crippen LogP contribution in [0.4, 0.5) is 14.5 Å². The van der Waals surface area contributed by atoms with Crippen LogP contribution in [-0.4, -0.2) is 53.8 Å². The standard InChI is InChI=1S/C21H29F2N3O2/c1-15(21(28)24-19-8-7-17(22)14-18(19)23)25-9-11-26(12-10-25)20(27)13-16-5-3-2-4-6-16/h7-8,14-16H,2-6,9-13H2,1H3,(H,24,28). The average Bonchev–Trinajstić information content (AvgIpc) is 2.70. The first-order valence-corrected chi connectivity index (χ1v) is 10.2. The molecule has 7 heteroatoms. The van der Waals surface area contributed by atoms with Gasteiger partial charge in [-0.1, -0.05) is 19.3 Å². The van der Waals surface area contributed by atoms with Gasteiger partial charge in [-0.15, -0.1) is 0 Å². The van der Waals surface area contributed by atoms with Gasteiger partial charge in [0.25, 0.3) is 0 Å². The first-order valence-electron chi connectivity index (χ1n) is 10.2. The maximum Gasteiger partial charge on any atom is 0.241 e. The minimum atomic E-state index is -0.793. The van der Waals surface area contributed by atoms with Gasteiger partial charge in [0.05, 0.1) is 11.7 Å². The van der Waals surface area contributed by atoms with Crippen LogP contribution in [0.25, 0.3) is 0 Å². The summed E-state index contributed by atoms with van der Waals surface area (Å²) in [7, 11) is 0. The van der Waals surface area contributed by atoms with Crippen molar-refractivity contribution >= 4 is 17.5 Å². The largest absolute Gasteiger partial charge is 0.340 e. The molecular formula is C21H29F2N3O2. The van der Waals surface area contributed by atoms with Crippen molar-refractivity contribution in [2.24, 2.45) is 5.92 Å². The summed E-state index contributed by atoms with van der Waals surface area (Å²) in [6, 6.07) is 2.62. The lowest BCUT2D eigenvalue weighted by molar-refractivity contribution is -0.135. The van der Waals surface area contributed by atoms with Crippen LogP contribution in [0.3, 0.4) is 0 Å². The fourth-order valence-corrected chi connectivity index (χ4v) is 4.12. The highest BCUT2D eigenvalue weighted by atomic mass is 19.1. The molecular weight excluding hydrogens is 364 g/mol. The molecule has 1 N–H and O–H groups in total. The Kier molecular flexibility index (Phi) is 6.99. The average molecular weight is 393 g/mol. The molecule has 2 amide bonds. The third-order valence-corrected chi connectivity index (χ3v) is 5.97. The highest BCUT2D eigenvalue weighted by molar-refractivity contribution is 5.94. The van der Waals surface area contributed by atoms with E-state index in [4.69, 9.17) is 0 Å². The van der Waals surface area contributed by atoms with Gasteiger partial charge in [0, 0.05) is 38.7 Å². The molecule has 0 bridgehead atoms. The molecule has 1 aliphatic heterocycles. The van der Waals surface area contributed by atoms with Crippen molar-refractivity contribution < 1.29 is 18.4 Å². The minimum Gasteiger partial charge on any atom is -0.340 e. The summed E-state index contributed by atoms with van der Waals surface area (Å²) in [5, 5.41) is 2.52. The van der Waals surface area contributed by atoms with Crippen molar-refractivity contribution in [3.05, 3.63) is 29.8 Å². The predicted octanol–water partition coefficient (Wildman–Crippen LogP) is 3.41. The second-order valence-electron chi connectivity index (χ2n) is 7.91. The quantitative estimate of drug-likeness (QED) is 0.834. The molecule has 1 atom stereocenters. The number of carbonyl (C=O) groups is 2. The van der Waals surface area contributed by atoms with Gasteiger partial charge in [-0.25, -0.2) is 8.78 Å². The molecule has 1 saturated heterocycles. The van der Waals surface area contributed by atoms with Crippen molar-refractivity contribution in [2.75, 3.05) is 31.5 Å². The fourth-order valence-electron chi connectivity index (χ4n) is 4.12. The Morgan fingerprint density at radius 2 is 1.79 bits per heavy atom. The first kappa shape index (κ1) is 20.7. The monoisotopic (exact) mass is 393 g/mol. The SMILES string of the molecule is CC(C(=O)Nc1ccc(F)cc1F)N1CCN(C(=O)CC2CCCCC2)CC1. The summed E-state index contributed by atoms with van der Waals surface area (Å²) >= 11 is 0. The zero-order chi connectivity index (χ0) is 20.1. The van der Waals surface area contributed by atoms with E-state index in [2.05, 4.69) is 5.32 Å². The Hall–Kier alpha value is -2.02. The zero-order valence-corrected chi connectivity index (χ0v) is 16.4. The Morgan fingerprint density at radius 3 is 2.43 bits per heavy atom. The summed E-state index contributed by atoms with van der Waals surface area (Å²) in [5.74, 6) is -1.07. The van der Waals surface area contributed by atoms with Gasteiger partial charge in [-0.3, -0.25) is 14.5 Å². The molecule has 1 unspecified atom stereocenters. The third kappa shape index (κ3) is 5.28. The van der Waals surface area contributed by atoms with Crippen molar-refractivity contribution in [3.63, 3.8) is 0 Å². The Labute approximate surface area is 165 Å². The predicted molar refractivity (Wildman–Crippen MR) is 104 cm³/mol. The number of hydrogen-bond donors (Lipinski definition) is 1. The lowest BCUT2D eigenvalue weighted by Crippen LogP contribution is -2.54. The van der Waals surface area contributed by atoms with Gasteiger partial charge in [0.15, 0.2) is 0 Å². The lowest BCUT2D eigenvalue weighted by atomic mass is 9.86. The number of nitrogens with one attached hydrogen (secondary N) is 1. The molecule has 28 heavy (non-hydrogen) atoms. The summed E-state index contributed by atoms with van der Waals surface area (Å²) in [4.78, 5) is 28.9. The van der Waals surface area contributed by atoms with Gasteiger partial charge in [0.2, 0.25) is 11.8 Å². The van der Waals surface area contributed by atoms with E-state index >= 15 is 0 Å².